The van der Waals surface area contributed by atoms with Gasteiger partial charge in [-0.2, -0.15) is 0 Å². The van der Waals surface area contributed by atoms with Crippen molar-refractivity contribution >= 4 is 50.7 Å². The zero-order valence-electron chi connectivity index (χ0n) is 19.8. The molecule has 34 heavy (non-hydrogen) atoms. The van der Waals surface area contributed by atoms with Crippen LogP contribution in [-0.2, 0) is 26.2 Å². The molecule has 0 aromatic heterocycles. The van der Waals surface area contributed by atoms with E-state index in [1.807, 2.05) is 38.1 Å². The van der Waals surface area contributed by atoms with E-state index in [1.54, 1.807) is 13.0 Å². The number of sulfonamides is 1. The van der Waals surface area contributed by atoms with Gasteiger partial charge in [0.25, 0.3) is 0 Å². The maximum absolute atomic E-state index is 13.2. The first-order valence-electron chi connectivity index (χ1n) is 11.0. The summed E-state index contributed by atoms with van der Waals surface area (Å²) in [4.78, 5) is 27.2. The van der Waals surface area contributed by atoms with Gasteiger partial charge in [0.15, 0.2) is 0 Å². The number of hydrogen-bond donors (Lipinski definition) is 1. The fourth-order valence-electron chi connectivity index (χ4n) is 3.57. The van der Waals surface area contributed by atoms with Crippen molar-refractivity contribution in [3.63, 3.8) is 0 Å². The van der Waals surface area contributed by atoms with E-state index in [0.29, 0.717) is 11.6 Å². The van der Waals surface area contributed by atoms with Crippen LogP contribution in [0.1, 0.15) is 37.8 Å². The highest BCUT2D eigenvalue weighted by atomic mass is 35.5. The second kappa shape index (κ2) is 12.4. The van der Waals surface area contributed by atoms with Crippen molar-refractivity contribution in [3.05, 3.63) is 63.6 Å². The number of halogens is 2. The largest absolute Gasteiger partial charge is 0.355 e. The Labute approximate surface area is 212 Å². The summed E-state index contributed by atoms with van der Waals surface area (Å²) in [5, 5.41) is 3.35. The van der Waals surface area contributed by atoms with Gasteiger partial charge in [-0.05, 0) is 51.0 Å². The minimum absolute atomic E-state index is 0.0401. The monoisotopic (exact) mass is 527 g/mol. The lowest BCUT2D eigenvalue weighted by atomic mass is 10.1. The van der Waals surface area contributed by atoms with E-state index < -0.39 is 16.1 Å². The molecule has 2 aromatic rings. The molecule has 2 amide bonds. The van der Waals surface area contributed by atoms with Crippen molar-refractivity contribution in [2.24, 2.45) is 0 Å². The van der Waals surface area contributed by atoms with Gasteiger partial charge in [-0.3, -0.25) is 13.9 Å². The molecule has 2 aromatic carbocycles. The Hall–Kier alpha value is -2.29. The van der Waals surface area contributed by atoms with Crippen LogP contribution in [0.15, 0.2) is 42.5 Å². The van der Waals surface area contributed by atoms with E-state index >= 15 is 0 Å². The molecule has 10 heteroatoms. The summed E-state index contributed by atoms with van der Waals surface area (Å²) in [6.07, 6.45) is 1.37. The van der Waals surface area contributed by atoms with Crippen LogP contribution in [-0.4, -0.2) is 50.5 Å². The zero-order chi connectivity index (χ0) is 25.5. The molecule has 1 atom stereocenters. The maximum atomic E-state index is 13.2. The van der Waals surface area contributed by atoms with Gasteiger partial charge >= 0.3 is 0 Å². The number of hydrogen-bond acceptors (Lipinski definition) is 4. The molecule has 0 fully saturated rings. The van der Waals surface area contributed by atoms with Gasteiger partial charge in [-0.1, -0.05) is 53.0 Å². The first-order valence-corrected chi connectivity index (χ1v) is 13.6. The quantitative estimate of drug-likeness (QED) is 0.469. The molecule has 186 valence electrons. The van der Waals surface area contributed by atoms with E-state index in [0.717, 1.165) is 21.7 Å². The van der Waals surface area contributed by atoms with Gasteiger partial charge in [-0.15, -0.1) is 0 Å². The number of amides is 2. The Morgan fingerprint density at radius 1 is 1.12 bits per heavy atom. The highest BCUT2D eigenvalue weighted by Gasteiger charge is 2.26. The lowest BCUT2D eigenvalue weighted by Gasteiger charge is -2.29. The molecule has 0 unspecified atom stereocenters. The highest BCUT2D eigenvalue weighted by Crippen LogP contribution is 2.31. The lowest BCUT2D eigenvalue weighted by Crippen LogP contribution is -2.47. The summed E-state index contributed by atoms with van der Waals surface area (Å²) >= 11 is 12.3. The number of carbonyl (C=O) groups is 2. The number of nitrogens with one attached hydrogen (secondary N) is 1. The SMILES string of the molecule is CCNC(=O)[C@H](C)N(Cc1cccc(C)c1)C(=O)CCCN(c1cc(Cl)ccc1Cl)S(C)(=O)=O. The van der Waals surface area contributed by atoms with Crippen molar-refractivity contribution in [2.45, 2.75) is 46.2 Å². The molecule has 0 aliphatic heterocycles. The maximum Gasteiger partial charge on any atom is 0.242 e. The van der Waals surface area contributed by atoms with Crippen molar-refractivity contribution in [3.8, 4) is 0 Å². The van der Waals surface area contributed by atoms with Crippen molar-refractivity contribution < 1.29 is 18.0 Å². The number of likely N-dealkylation sites (N-methyl/N-ethyl adjacent to an activating group) is 1. The van der Waals surface area contributed by atoms with E-state index in [1.165, 1.54) is 17.0 Å². The lowest BCUT2D eigenvalue weighted by molar-refractivity contribution is -0.140. The predicted octanol–water partition coefficient (Wildman–Crippen LogP) is 4.40. The highest BCUT2D eigenvalue weighted by molar-refractivity contribution is 7.92. The number of aryl methyl sites for hydroxylation is 1. The predicted molar refractivity (Wildman–Crippen MR) is 138 cm³/mol. The molecule has 0 bridgehead atoms. The second-order valence-corrected chi connectivity index (χ2v) is 10.9. The molecule has 2 rings (SSSR count). The fourth-order valence-corrected chi connectivity index (χ4v) is 4.98. The molecule has 7 nitrogen and oxygen atoms in total. The summed E-state index contributed by atoms with van der Waals surface area (Å²) in [6, 6.07) is 11.6. The van der Waals surface area contributed by atoms with Gasteiger partial charge in [-0.25, -0.2) is 8.42 Å². The Morgan fingerprint density at radius 3 is 2.44 bits per heavy atom. The van der Waals surface area contributed by atoms with Gasteiger partial charge in [0.2, 0.25) is 21.8 Å². The summed E-state index contributed by atoms with van der Waals surface area (Å²) in [7, 11) is -3.66. The van der Waals surface area contributed by atoms with Gasteiger partial charge in [0.05, 0.1) is 17.0 Å². The Morgan fingerprint density at radius 2 is 1.82 bits per heavy atom. The van der Waals surface area contributed by atoms with Crippen LogP contribution in [0.4, 0.5) is 5.69 Å². The molecule has 0 saturated heterocycles. The summed E-state index contributed by atoms with van der Waals surface area (Å²) in [5.74, 6) is -0.488. The van der Waals surface area contributed by atoms with Crippen LogP contribution in [0.25, 0.3) is 0 Å². The molecular weight excluding hydrogens is 497 g/mol. The number of rotatable bonds is 11. The van der Waals surface area contributed by atoms with Crippen LogP contribution in [0.2, 0.25) is 10.0 Å². The fraction of sp³-hybridized carbons (Fsp3) is 0.417. The molecule has 0 heterocycles. The number of nitrogens with zero attached hydrogens (tertiary/aromatic N) is 2. The minimum Gasteiger partial charge on any atom is -0.355 e. The first-order chi connectivity index (χ1) is 15.9. The van der Waals surface area contributed by atoms with E-state index in [2.05, 4.69) is 5.32 Å². The molecule has 0 aliphatic rings. The summed E-state index contributed by atoms with van der Waals surface area (Å²) < 4.78 is 26.0. The van der Waals surface area contributed by atoms with Crippen LogP contribution in [0.3, 0.4) is 0 Å². The average Bonchev–Trinajstić information content (AvgIpc) is 2.75. The van der Waals surface area contributed by atoms with Crippen molar-refractivity contribution in [2.75, 3.05) is 23.7 Å². The third kappa shape index (κ3) is 7.89. The van der Waals surface area contributed by atoms with Crippen LogP contribution in [0.5, 0.6) is 0 Å². The topological polar surface area (TPSA) is 86.8 Å². The summed E-state index contributed by atoms with van der Waals surface area (Å²) in [5.41, 5.74) is 2.22. The Balaban J connectivity index is 2.19. The Bertz CT molecular complexity index is 1120. The molecule has 0 aliphatic carbocycles. The number of anilines is 1. The van der Waals surface area contributed by atoms with Crippen LogP contribution < -0.4 is 9.62 Å². The Kier molecular flexibility index (Phi) is 10.2. The van der Waals surface area contributed by atoms with Crippen molar-refractivity contribution in [1.29, 1.82) is 0 Å². The standard InChI is InChI=1S/C24H31Cl2N3O4S/c1-5-27-24(31)18(3)28(16-19-9-6-8-17(2)14-19)23(30)10-7-13-29(34(4,32)33)22-15-20(25)11-12-21(22)26/h6,8-9,11-12,14-15,18H,5,7,10,13,16H2,1-4H3,(H,27,31)/t18-/m0/s1. The van der Waals surface area contributed by atoms with Gasteiger partial charge in [0.1, 0.15) is 6.04 Å². The minimum atomic E-state index is -3.66. The number of benzene rings is 2. The first kappa shape index (κ1) is 28.0. The summed E-state index contributed by atoms with van der Waals surface area (Å²) in [6.45, 7) is 6.24. The molecule has 1 N–H and O–H groups in total. The van der Waals surface area contributed by atoms with E-state index in [-0.39, 0.29) is 48.5 Å². The van der Waals surface area contributed by atoms with Gasteiger partial charge in [0, 0.05) is 31.1 Å². The van der Waals surface area contributed by atoms with E-state index in [4.69, 9.17) is 23.2 Å². The van der Waals surface area contributed by atoms with E-state index in [9.17, 15) is 18.0 Å². The van der Waals surface area contributed by atoms with Gasteiger partial charge < -0.3 is 10.2 Å². The van der Waals surface area contributed by atoms with Crippen LogP contribution in [0, 0.1) is 6.92 Å². The third-order valence-electron chi connectivity index (χ3n) is 5.28. The molecular formula is C24H31Cl2N3O4S. The van der Waals surface area contributed by atoms with Crippen molar-refractivity contribution in [1.82, 2.24) is 10.2 Å². The third-order valence-corrected chi connectivity index (χ3v) is 7.02. The molecule has 0 spiro atoms. The average molecular weight is 529 g/mol. The smallest absolute Gasteiger partial charge is 0.242 e. The zero-order valence-corrected chi connectivity index (χ0v) is 22.2. The molecule has 0 radical (unpaired) electrons. The van der Waals surface area contributed by atoms with Crippen LogP contribution >= 0.6 is 23.2 Å². The second-order valence-electron chi connectivity index (χ2n) is 8.12. The number of carbonyl (C=O) groups excluding carboxylic acids is 2. The normalized spacial score (nSPS) is 12.2. The molecule has 0 saturated carbocycles.